The Hall–Kier alpha value is -1.85. The summed E-state index contributed by atoms with van der Waals surface area (Å²) in [6.45, 7) is 2.47. The summed E-state index contributed by atoms with van der Waals surface area (Å²) in [5.41, 5.74) is 1.93. The van der Waals surface area contributed by atoms with Crippen molar-refractivity contribution in [1.82, 2.24) is 4.90 Å². The number of rotatable bonds is 5. The molecule has 5 heteroatoms. The Kier molecular flexibility index (Phi) is 6.10. The van der Waals surface area contributed by atoms with Crippen LogP contribution in [-0.4, -0.2) is 30.2 Å². The van der Waals surface area contributed by atoms with Crippen molar-refractivity contribution in [1.29, 1.82) is 0 Å². The van der Waals surface area contributed by atoms with Crippen molar-refractivity contribution in [2.24, 2.45) is 5.92 Å². The number of likely N-dealkylation sites (tertiary alicyclic amines) is 1. The maximum Gasteiger partial charge on any atom is 0.228 e. The molecule has 2 aromatic carbocycles. The van der Waals surface area contributed by atoms with E-state index in [9.17, 15) is 9.18 Å². The highest BCUT2D eigenvalue weighted by molar-refractivity contribution is 7.98. The number of halogens is 1. The number of hydrogen-bond acceptors (Lipinski definition) is 3. The first-order chi connectivity index (χ1) is 12.1. The summed E-state index contributed by atoms with van der Waals surface area (Å²) in [4.78, 5) is 16.0. The van der Waals surface area contributed by atoms with Crippen LogP contribution in [0, 0.1) is 11.7 Å². The van der Waals surface area contributed by atoms with E-state index < -0.39 is 0 Å². The molecule has 0 aliphatic carbocycles. The van der Waals surface area contributed by atoms with Crippen LogP contribution < -0.4 is 5.32 Å². The first-order valence-corrected chi connectivity index (χ1v) is 9.78. The summed E-state index contributed by atoms with van der Waals surface area (Å²) in [6, 6.07) is 14.5. The lowest BCUT2D eigenvalue weighted by molar-refractivity contribution is -0.121. The molecule has 0 saturated carbocycles. The van der Waals surface area contributed by atoms with Crippen LogP contribution in [0.1, 0.15) is 18.4 Å². The SMILES string of the molecule is CSc1cccc(NC(=O)[C@H]2CCCN(Cc3ccc(F)cc3)C2)c1. The van der Waals surface area contributed by atoms with Gasteiger partial charge < -0.3 is 5.32 Å². The Balaban J connectivity index is 1.58. The summed E-state index contributed by atoms with van der Waals surface area (Å²) in [6.07, 6.45) is 3.94. The minimum Gasteiger partial charge on any atom is -0.326 e. The number of carbonyl (C=O) groups excluding carboxylic acids is 1. The molecule has 0 unspecified atom stereocenters. The van der Waals surface area contributed by atoms with Gasteiger partial charge in [-0.2, -0.15) is 0 Å². The molecule has 132 valence electrons. The smallest absolute Gasteiger partial charge is 0.228 e. The number of benzene rings is 2. The highest BCUT2D eigenvalue weighted by Gasteiger charge is 2.25. The Morgan fingerprint density at radius 2 is 2.08 bits per heavy atom. The second kappa shape index (κ2) is 8.50. The van der Waals surface area contributed by atoms with Gasteiger partial charge in [-0.3, -0.25) is 9.69 Å². The molecule has 0 bridgehead atoms. The fourth-order valence-corrected chi connectivity index (χ4v) is 3.67. The normalized spacial score (nSPS) is 18.1. The predicted molar refractivity (Wildman–Crippen MR) is 101 cm³/mol. The molecule has 25 heavy (non-hydrogen) atoms. The van der Waals surface area contributed by atoms with E-state index in [0.29, 0.717) is 0 Å². The third-order valence-electron chi connectivity index (χ3n) is 4.53. The monoisotopic (exact) mass is 358 g/mol. The third kappa shape index (κ3) is 5.06. The van der Waals surface area contributed by atoms with Gasteiger partial charge in [-0.25, -0.2) is 4.39 Å². The molecule has 1 atom stereocenters. The first-order valence-electron chi connectivity index (χ1n) is 8.56. The molecular weight excluding hydrogens is 335 g/mol. The lowest BCUT2D eigenvalue weighted by Crippen LogP contribution is -2.40. The van der Waals surface area contributed by atoms with Gasteiger partial charge in [-0.05, 0) is 61.5 Å². The van der Waals surface area contributed by atoms with Crippen LogP contribution in [0.2, 0.25) is 0 Å². The van der Waals surface area contributed by atoms with Crippen molar-refractivity contribution >= 4 is 23.4 Å². The van der Waals surface area contributed by atoms with Gasteiger partial charge in [0.15, 0.2) is 0 Å². The number of anilines is 1. The van der Waals surface area contributed by atoms with Gasteiger partial charge in [0.05, 0.1) is 5.92 Å². The first kappa shape index (κ1) is 18.0. The van der Waals surface area contributed by atoms with E-state index in [0.717, 1.165) is 48.6 Å². The maximum absolute atomic E-state index is 13.0. The van der Waals surface area contributed by atoms with Gasteiger partial charge in [0.1, 0.15) is 5.82 Å². The molecule has 1 heterocycles. The van der Waals surface area contributed by atoms with Gasteiger partial charge in [-0.15, -0.1) is 11.8 Å². The summed E-state index contributed by atoms with van der Waals surface area (Å²) in [7, 11) is 0. The molecule has 3 nitrogen and oxygen atoms in total. The van der Waals surface area contributed by atoms with Gasteiger partial charge in [0, 0.05) is 23.7 Å². The van der Waals surface area contributed by atoms with E-state index in [-0.39, 0.29) is 17.6 Å². The molecule has 1 fully saturated rings. The van der Waals surface area contributed by atoms with E-state index in [2.05, 4.69) is 10.2 Å². The van der Waals surface area contributed by atoms with Crippen LogP contribution in [0.4, 0.5) is 10.1 Å². The van der Waals surface area contributed by atoms with Crippen molar-refractivity contribution in [3.8, 4) is 0 Å². The van der Waals surface area contributed by atoms with Crippen molar-refractivity contribution in [2.45, 2.75) is 24.3 Å². The third-order valence-corrected chi connectivity index (χ3v) is 5.26. The fourth-order valence-electron chi connectivity index (χ4n) is 3.21. The molecule has 0 spiro atoms. The van der Waals surface area contributed by atoms with E-state index in [1.54, 1.807) is 11.8 Å². The predicted octanol–water partition coefficient (Wildman–Crippen LogP) is 4.40. The Morgan fingerprint density at radius 1 is 1.28 bits per heavy atom. The summed E-state index contributed by atoms with van der Waals surface area (Å²) < 4.78 is 13.0. The maximum atomic E-state index is 13.0. The number of nitrogens with zero attached hydrogens (tertiary/aromatic N) is 1. The van der Waals surface area contributed by atoms with Gasteiger partial charge in [0.2, 0.25) is 5.91 Å². The van der Waals surface area contributed by atoms with Gasteiger partial charge in [0.25, 0.3) is 0 Å². The number of carbonyl (C=O) groups is 1. The van der Waals surface area contributed by atoms with Gasteiger partial charge >= 0.3 is 0 Å². The minimum atomic E-state index is -0.216. The van der Waals surface area contributed by atoms with Crippen molar-refractivity contribution in [3.63, 3.8) is 0 Å². The van der Waals surface area contributed by atoms with E-state index in [1.165, 1.54) is 12.1 Å². The zero-order chi connectivity index (χ0) is 17.6. The lowest BCUT2D eigenvalue weighted by atomic mass is 9.96. The highest BCUT2D eigenvalue weighted by Crippen LogP contribution is 2.23. The second-order valence-electron chi connectivity index (χ2n) is 6.42. The molecule has 1 N–H and O–H groups in total. The zero-order valence-corrected chi connectivity index (χ0v) is 15.2. The lowest BCUT2D eigenvalue weighted by Gasteiger charge is -2.32. The summed E-state index contributed by atoms with van der Waals surface area (Å²) in [5.74, 6) is -0.138. The fraction of sp³-hybridized carbons (Fsp3) is 0.350. The Bertz CT molecular complexity index is 720. The molecule has 2 aromatic rings. The summed E-state index contributed by atoms with van der Waals surface area (Å²) >= 11 is 1.66. The van der Waals surface area contributed by atoms with Crippen molar-refractivity contribution < 1.29 is 9.18 Å². The average Bonchev–Trinajstić information content (AvgIpc) is 2.64. The quantitative estimate of drug-likeness (QED) is 0.804. The second-order valence-corrected chi connectivity index (χ2v) is 7.30. The molecule has 1 aliphatic rings. The van der Waals surface area contributed by atoms with E-state index in [1.807, 2.05) is 42.7 Å². The van der Waals surface area contributed by atoms with Crippen LogP contribution in [0.25, 0.3) is 0 Å². The number of nitrogens with one attached hydrogen (secondary N) is 1. The average molecular weight is 358 g/mol. The molecule has 1 saturated heterocycles. The largest absolute Gasteiger partial charge is 0.326 e. The van der Waals surface area contributed by atoms with Crippen molar-refractivity contribution in [2.75, 3.05) is 24.7 Å². The Labute approximate surface area is 152 Å². The summed E-state index contributed by atoms with van der Waals surface area (Å²) in [5, 5.41) is 3.05. The minimum absolute atomic E-state index is 0.00728. The standard InChI is InChI=1S/C20H23FN2OS/c1-25-19-6-2-5-18(12-19)22-20(24)16-4-3-11-23(14-16)13-15-7-9-17(21)10-8-15/h2,5-10,12,16H,3-4,11,13-14H2,1H3,(H,22,24)/t16-/m0/s1. The Morgan fingerprint density at radius 3 is 2.84 bits per heavy atom. The number of amides is 1. The molecular formula is C20H23FN2OS. The van der Waals surface area contributed by atoms with E-state index in [4.69, 9.17) is 0 Å². The van der Waals surface area contributed by atoms with Crippen LogP contribution >= 0.6 is 11.8 Å². The van der Waals surface area contributed by atoms with Crippen LogP contribution in [-0.2, 0) is 11.3 Å². The molecule has 1 aliphatic heterocycles. The van der Waals surface area contributed by atoms with Crippen LogP contribution in [0.5, 0.6) is 0 Å². The van der Waals surface area contributed by atoms with E-state index >= 15 is 0 Å². The van der Waals surface area contributed by atoms with Gasteiger partial charge in [-0.1, -0.05) is 18.2 Å². The van der Waals surface area contributed by atoms with Crippen LogP contribution in [0.3, 0.4) is 0 Å². The molecule has 0 radical (unpaired) electrons. The number of piperidine rings is 1. The molecule has 1 amide bonds. The molecule has 0 aromatic heterocycles. The topological polar surface area (TPSA) is 32.3 Å². The van der Waals surface area contributed by atoms with Crippen molar-refractivity contribution in [3.05, 3.63) is 59.9 Å². The number of hydrogen-bond donors (Lipinski definition) is 1. The molecule has 3 rings (SSSR count). The van der Waals surface area contributed by atoms with Crippen LogP contribution in [0.15, 0.2) is 53.4 Å². The number of thioether (sulfide) groups is 1. The highest BCUT2D eigenvalue weighted by atomic mass is 32.2. The zero-order valence-electron chi connectivity index (χ0n) is 14.4.